The SMILES string of the molecule is C[C@@H](NC(=O)c1cn(C23CC(C2)C3)c(=O)cc1N[C@@H]1CCN(C)C[C@@H]1F)c1cccc(C(F)F)c1F. The van der Waals surface area contributed by atoms with E-state index in [0.717, 1.165) is 25.3 Å². The number of rotatable bonds is 7. The Morgan fingerprint density at radius 1 is 1.19 bits per heavy atom. The van der Waals surface area contributed by atoms with E-state index in [4.69, 9.17) is 0 Å². The van der Waals surface area contributed by atoms with E-state index in [1.807, 2.05) is 11.9 Å². The molecule has 1 saturated heterocycles. The molecule has 194 valence electrons. The highest BCUT2D eigenvalue weighted by Crippen LogP contribution is 2.61. The standard InChI is InChI=1S/C26H30F4N4O2/c1-14(16-4-3-5-17(23(16)28)24(29)30)31-25(36)18-12-34(26-9-15(10-26)11-26)22(35)8-21(18)32-20-6-7-33(2)13-19(20)27/h3-5,8,12,14-15,19-20,24,32H,6-7,9-11,13H2,1-2H3,(H,31,36)/t14-,15?,19+,20-,26?/m1/s1. The van der Waals surface area contributed by atoms with Gasteiger partial charge in [-0.25, -0.2) is 17.6 Å². The number of hydrogen-bond acceptors (Lipinski definition) is 4. The van der Waals surface area contributed by atoms with Gasteiger partial charge in [-0.2, -0.15) is 0 Å². The number of nitrogens with one attached hydrogen (secondary N) is 2. The highest BCUT2D eigenvalue weighted by molar-refractivity contribution is 5.99. The van der Waals surface area contributed by atoms with E-state index in [-0.39, 0.29) is 34.5 Å². The number of anilines is 1. The van der Waals surface area contributed by atoms with Crippen LogP contribution in [0.25, 0.3) is 0 Å². The predicted molar refractivity (Wildman–Crippen MR) is 128 cm³/mol. The number of likely N-dealkylation sites (tertiary alicyclic amines) is 1. The molecule has 0 radical (unpaired) electrons. The third-order valence-electron chi connectivity index (χ3n) is 8.01. The lowest BCUT2D eigenvalue weighted by Gasteiger charge is -2.62. The molecular formula is C26H30F4N4O2. The van der Waals surface area contributed by atoms with Gasteiger partial charge in [0.1, 0.15) is 12.0 Å². The van der Waals surface area contributed by atoms with Gasteiger partial charge in [0.05, 0.1) is 28.9 Å². The maximum Gasteiger partial charge on any atom is 0.266 e. The second-order valence-corrected chi connectivity index (χ2v) is 10.6. The van der Waals surface area contributed by atoms with Gasteiger partial charge in [0, 0.05) is 36.5 Å². The fourth-order valence-corrected chi connectivity index (χ4v) is 5.77. The number of benzene rings is 1. The van der Waals surface area contributed by atoms with Gasteiger partial charge in [-0.1, -0.05) is 18.2 Å². The molecule has 2 bridgehead atoms. The van der Waals surface area contributed by atoms with Gasteiger partial charge in [0.15, 0.2) is 0 Å². The van der Waals surface area contributed by atoms with Gasteiger partial charge in [-0.3, -0.25) is 9.59 Å². The molecule has 3 aliphatic carbocycles. The summed E-state index contributed by atoms with van der Waals surface area (Å²) in [7, 11) is 1.83. The normalized spacial score (nSPS) is 28.2. The van der Waals surface area contributed by atoms with Crippen LogP contribution in [0.4, 0.5) is 23.2 Å². The van der Waals surface area contributed by atoms with Crippen LogP contribution in [0.2, 0.25) is 0 Å². The highest BCUT2D eigenvalue weighted by atomic mass is 19.3. The third kappa shape index (κ3) is 4.29. The lowest BCUT2D eigenvalue weighted by atomic mass is 9.49. The zero-order valence-corrected chi connectivity index (χ0v) is 20.2. The van der Waals surface area contributed by atoms with Crippen LogP contribution in [0.3, 0.4) is 0 Å². The second-order valence-electron chi connectivity index (χ2n) is 10.6. The summed E-state index contributed by atoms with van der Waals surface area (Å²) in [4.78, 5) is 28.3. The summed E-state index contributed by atoms with van der Waals surface area (Å²) in [6.45, 7) is 2.40. The van der Waals surface area contributed by atoms with E-state index in [2.05, 4.69) is 10.6 Å². The molecule has 2 N–H and O–H groups in total. The number of amides is 1. The van der Waals surface area contributed by atoms with E-state index >= 15 is 0 Å². The monoisotopic (exact) mass is 506 g/mol. The Bertz CT molecular complexity index is 1220. The fourth-order valence-electron chi connectivity index (χ4n) is 5.77. The molecule has 1 amide bonds. The molecular weight excluding hydrogens is 476 g/mol. The molecule has 6 rings (SSSR count). The lowest BCUT2D eigenvalue weighted by molar-refractivity contribution is -0.0914. The first-order valence-corrected chi connectivity index (χ1v) is 12.3. The van der Waals surface area contributed by atoms with Gasteiger partial charge < -0.3 is 20.1 Å². The molecule has 3 saturated carbocycles. The van der Waals surface area contributed by atoms with E-state index in [9.17, 15) is 27.2 Å². The highest BCUT2D eigenvalue weighted by Gasteiger charge is 2.58. The molecule has 1 aromatic heterocycles. The first-order chi connectivity index (χ1) is 17.1. The summed E-state index contributed by atoms with van der Waals surface area (Å²) >= 11 is 0. The average Bonchev–Trinajstić information content (AvgIpc) is 2.75. The van der Waals surface area contributed by atoms with E-state index in [1.54, 1.807) is 4.57 Å². The molecule has 36 heavy (non-hydrogen) atoms. The van der Waals surface area contributed by atoms with Crippen LogP contribution in [0.15, 0.2) is 35.3 Å². The van der Waals surface area contributed by atoms with Crippen LogP contribution < -0.4 is 16.2 Å². The molecule has 2 heterocycles. The van der Waals surface area contributed by atoms with E-state index in [0.29, 0.717) is 18.9 Å². The van der Waals surface area contributed by atoms with Crippen molar-refractivity contribution in [1.29, 1.82) is 0 Å². The summed E-state index contributed by atoms with van der Waals surface area (Å²) in [5.41, 5.74) is -0.991. The minimum absolute atomic E-state index is 0.0671. The smallest absolute Gasteiger partial charge is 0.266 e. The van der Waals surface area contributed by atoms with Crippen molar-refractivity contribution >= 4 is 11.6 Å². The summed E-state index contributed by atoms with van der Waals surface area (Å²) in [5.74, 6) is -1.07. The largest absolute Gasteiger partial charge is 0.378 e. The van der Waals surface area contributed by atoms with Gasteiger partial charge in [-0.05, 0) is 45.6 Å². The lowest BCUT2D eigenvalue weighted by Crippen LogP contribution is -2.62. The Labute approximate surface area is 206 Å². The number of alkyl halides is 3. The molecule has 4 aliphatic rings. The first kappa shape index (κ1) is 24.8. The Morgan fingerprint density at radius 2 is 1.89 bits per heavy atom. The number of hydrogen-bond donors (Lipinski definition) is 2. The Kier molecular flexibility index (Phi) is 6.34. The topological polar surface area (TPSA) is 66.4 Å². The zero-order chi connectivity index (χ0) is 25.8. The Balaban J connectivity index is 1.45. The van der Waals surface area contributed by atoms with Crippen molar-refractivity contribution < 1.29 is 22.4 Å². The number of carbonyl (C=O) groups is 1. The van der Waals surface area contributed by atoms with Gasteiger partial charge in [0.25, 0.3) is 17.9 Å². The molecule has 1 aromatic carbocycles. The maximum atomic E-state index is 14.7. The van der Waals surface area contributed by atoms with Gasteiger partial charge in [-0.15, -0.1) is 0 Å². The summed E-state index contributed by atoms with van der Waals surface area (Å²) in [5, 5.41) is 5.75. The molecule has 3 atom stereocenters. The Morgan fingerprint density at radius 3 is 2.50 bits per heavy atom. The van der Waals surface area contributed by atoms with Crippen molar-refractivity contribution in [3.63, 3.8) is 0 Å². The fraction of sp³-hybridized carbons (Fsp3) is 0.538. The number of piperidine rings is 1. The number of nitrogens with zero attached hydrogens (tertiary/aromatic N) is 2. The molecule has 2 aromatic rings. The number of aromatic nitrogens is 1. The second kappa shape index (κ2) is 9.21. The summed E-state index contributed by atoms with van der Waals surface area (Å²) in [6.07, 6.45) is 0.470. The number of pyridine rings is 1. The zero-order valence-electron chi connectivity index (χ0n) is 20.2. The van der Waals surface area contributed by atoms with Crippen molar-refractivity contribution in [3.8, 4) is 0 Å². The van der Waals surface area contributed by atoms with Crippen molar-refractivity contribution in [2.24, 2.45) is 5.92 Å². The van der Waals surface area contributed by atoms with Crippen molar-refractivity contribution in [2.45, 2.75) is 62.8 Å². The Hall–Kier alpha value is -2.88. The van der Waals surface area contributed by atoms with Crippen LogP contribution in [-0.4, -0.2) is 47.7 Å². The third-order valence-corrected chi connectivity index (χ3v) is 8.01. The maximum absolute atomic E-state index is 14.7. The van der Waals surface area contributed by atoms with Crippen molar-refractivity contribution in [1.82, 2.24) is 14.8 Å². The van der Waals surface area contributed by atoms with Crippen molar-refractivity contribution in [2.75, 3.05) is 25.5 Å². The number of carbonyl (C=O) groups excluding carboxylic acids is 1. The molecule has 6 nitrogen and oxygen atoms in total. The predicted octanol–water partition coefficient (Wildman–Crippen LogP) is 4.38. The van der Waals surface area contributed by atoms with Crippen LogP contribution >= 0.6 is 0 Å². The minimum Gasteiger partial charge on any atom is -0.378 e. The molecule has 0 unspecified atom stereocenters. The van der Waals surface area contributed by atoms with Gasteiger partial charge >= 0.3 is 0 Å². The van der Waals surface area contributed by atoms with E-state index in [1.165, 1.54) is 31.3 Å². The van der Waals surface area contributed by atoms with Crippen molar-refractivity contribution in [3.05, 3.63) is 63.3 Å². The summed E-state index contributed by atoms with van der Waals surface area (Å²) < 4.78 is 57.4. The minimum atomic E-state index is -2.98. The van der Waals surface area contributed by atoms with Crippen LogP contribution in [0, 0.1) is 11.7 Å². The molecule has 0 spiro atoms. The molecule has 10 heteroatoms. The molecule has 1 aliphatic heterocycles. The average molecular weight is 507 g/mol. The van der Waals surface area contributed by atoms with Crippen LogP contribution in [0.5, 0.6) is 0 Å². The van der Waals surface area contributed by atoms with Gasteiger partial charge in [0.2, 0.25) is 0 Å². The van der Waals surface area contributed by atoms with E-state index < -0.39 is 42.0 Å². The first-order valence-electron chi connectivity index (χ1n) is 12.3. The number of halogens is 4. The quantitative estimate of drug-likeness (QED) is 0.547. The van der Waals surface area contributed by atoms with Crippen LogP contribution in [-0.2, 0) is 5.54 Å². The summed E-state index contributed by atoms with van der Waals surface area (Å²) in [6, 6.07) is 3.52. The molecule has 4 fully saturated rings. The van der Waals surface area contributed by atoms with Crippen LogP contribution in [0.1, 0.15) is 66.6 Å².